The molecule has 2 aromatic rings. The highest BCUT2D eigenvalue weighted by molar-refractivity contribution is 9.10. The number of aryl methyl sites for hydroxylation is 1. The van der Waals surface area contributed by atoms with Crippen LogP contribution in [0.25, 0.3) is 0 Å². The van der Waals surface area contributed by atoms with Crippen molar-refractivity contribution in [1.29, 1.82) is 0 Å². The predicted octanol–water partition coefficient (Wildman–Crippen LogP) is 3.54. The Labute approximate surface area is 112 Å². The summed E-state index contributed by atoms with van der Waals surface area (Å²) in [7, 11) is 0. The van der Waals surface area contributed by atoms with Crippen molar-refractivity contribution >= 4 is 27.5 Å². The second kappa shape index (κ2) is 5.27. The SMILES string of the molecule is Cc1ncccc1C(=O)Nc1ccc(Br)c(F)c1. The lowest BCUT2D eigenvalue weighted by Crippen LogP contribution is -2.14. The molecular formula is C13H10BrFN2O. The molecule has 5 heteroatoms. The minimum absolute atomic E-state index is 0.303. The van der Waals surface area contributed by atoms with Crippen LogP contribution in [-0.4, -0.2) is 10.9 Å². The van der Waals surface area contributed by atoms with E-state index in [0.29, 0.717) is 21.4 Å². The lowest BCUT2D eigenvalue weighted by atomic mass is 10.2. The number of carbonyl (C=O) groups excluding carboxylic acids is 1. The fraction of sp³-hybridized carbons (Fsp3) is 0.0769. The number of benzene rings is 1. The summed E-state index contributed by atoms with van der Waals surface area (Å²) < 4.78 is 13.7. The molecule has 1 N–H and O–H groups in total. The van der Waals surface area contributed by atoms with E-state index in [-0.39, 0.29) is 5.91 Å². The third-order valence-electron chi connectivity index (χ3n) is 2.43. The van der Waals surface area contributed by atoms with E-state index in [1.54, 1.807) is 37.4 Å². The van der Waals surface area contributed by atoms with Crippen LogP contribution >= 0.6 is 15.9 Å². The Hall–Kier alpha value is -1.75. The van der Waals surface area contributed by atoms with E-state index in [1.807, 2.05) is 0 Å². The van der Waals surface area contributed by atoms with Gasteiger partial charge in [-0.05, 0) is 53.2 Å². The van der Waals surface area contributed by atoms with Crippen molar-refractivity contribution in [2.24, 2.45) is 0 Å². The maximum absolute atomic E-state index is 13.3. The lowest BCUT2D eigenvalue weighted by Gasteiger charge is -2.07. The molecule has 1 amide bonds. The maximum Gasteiger partial charge on any atom is 0.257 e. The molecule has 3 nitrogen and oxygen atoms in total. The Balaban J connectivity index is 2.22. The number of halogens is 2. The fourth-order valence-corrected chi connectivity index (χ4v) is 1.74. The quantitative estimate of drug-likeness (QED) is 0.922. The molecule has 0 aliphatic rings. The van der Waals surface area contributed by atoms with Crippen molar-refractivity contribution in [3.8, 4) is 0 Å². The van der Waals surface area contributed by atoms with Gasteiger partial charge in [-0.25, -0.2) is 4.39 Å². The topological polar surface area (TPSA) is 42.0 Å². The molecule has 0 atom stereocenters. The van der Waals surface area contributed by atoms with E-state index in [4.69, 9.17) is 0 Å². The third kappa shape index (κ3) is 2.73. The monoisotopic (exact) mass is 308 g/mol. The molecule has 0 spiro atoms. The molecule has 1 aromatic heterocycles. The first-order valence-corrected chi connectivity index (χ1v) is 6.05. The summed E-state index contributed by atoms with van der Waals surface area (Å²) in [4.78, 5) is 16.0. The molecule has 0 bridgehead atoms. The van der Waals surface area contributed by atoms with Gasteiger partial charge in [-0.15, -0.1) is 0 Å². The van der Waals surface area contributed by atoms with Crippen LogP contribution in [-0.2, 0) is 0 Å². The number of hydrogen-bond donors (Lipinski definition) is 1. The van der Waals surface area contributed by atoms with Gasteiger partial charge in [-0.1, -0.05) is 0 Å². The Kier molecular flexibility index (Phi) is 3.72. The molecule has 1 aromatic carbocycles. The largest absolute Gasteiger partial charge is 0.322 e. The normalized spacial score (nSPS) is 10.2. The molecule has 0 saturated heterocycles. The highest BCUT2D eigenvalue weighted by Gasteiger charge is 2.10. The number of rotatable bonds is 2. The zero-order chi connectivity index (χ0) is 13.1. The van der Waals surface area contributed by atoms with Gasteiger partial charge in [0.05, 0.1) is 10.0 Å². The van der Waals surface area contributed by atoms with Gasteiger partial charge in [-0.2, -0.15) is 0 Å². The van der Waals surface area contributed by atoms with E-state index in [0.717, 1.165) is 0 Å². The van der Waals surface area contributed by atoms with E-state index in [9.17, 15) is 9.18 Å². The third-order valence-corrected chi connectivity index (χ3v) is 3.07. The molecular weight excluding hydrogens is 299 g/mol. The Morgan fingerprint density at radius 2 is 2.17 bits per heavy atom. The Bertz CT molecular complexity index is 601. The summed E-state index contributed by atoms with van der Waals surface area (Å²) in [5, 5.41) is 2.63. The van der Waals surface area contributed by atoms with Crippen LogP contribution in [0.1, 0.15) is 16.1 Å². The van der Waals surface area contributed by atoms with Crippen molar-refractivity contribution in [3.05, 3.63) is 58.1 Å². The molecule has 2 rings (SSSR count). The van der Waals surface area contributed by atoms with Crippen molar-refractivity contribution in [2.75, 3.05) is 5.32 Å². The molecule has 18 heavy (non-hydrogen) atoms. The van der Waals surface area contributed by atoms with Gasteiger partial charge in [0, 0.05) is 17.6 Å². The van der Waals surface area contributed by atoms with Gasteiger partial charge in [0.1, 0.15) is 5.82 Å². The second-order valence-corrected chi connectivity index (χ2v) is 4.57. The van der Waals surface area contributed by atoms with Gasteiger partial charge in [0.2, 0.25) is 0 Å². The van der Waals surface area contributed by atoms with Crippen molar-refractivity contribution in [1.82, 2.24) is 4.98 Å². The van der Waals surface area contributed by atoms with Crippen LogP contribution in [0.5, 0.6) is 0 Å². The van der Waals surface area contributed by atoms with E-state index < -0.39 is 5.82 Å². The lowest BCUT2D eigenvalue weighted by molar-refractivity contribution is 0.102. The average molecular weight is 309 g/mol. The Morgan fingerprint density at radius 3 is 2.83 bits per heavy atom. The highest BCUT2D eigenvalue weighted by atomic mass is 79.9. The highest BCUT2D eigenvalue weighted by Crippen LogP contribution is 2.20. The molecule has 0 radical (unpaired) electrons. The first-order chi connectivity index (χ1) is 8.58. The van der Waals surface area contributed by atoms with Crippen LogP contribution in [0.2, 0.25) is 0 Å². The molecule has 0 fully saturated rings. The van der Waals surface area contributed by atoms with Gasteiger partial charge in [-0.3, -0.25) is 9.78 Å². The summed E-state index contributed by atoms with van der Waals surface area (Å²) >= 11 is 3.05. The maximum atomic E-state index is 13.3. The molecule has 92 valence electrons. The number of anilines is 1. The van der Waals surface area contributed by atoms with Crippen LogP contribution in [0.4, 0.5) is 10.1 Å². The number of carbonyl (C=O) groups is 1. The summed E-state index contributed by atoms with van der Waals surface area (Å²) in [6, 6.07) is 7.78. The number of hydrogen-bond acceptors (Lipinski definition) is 2. The van der Waals surface area contributed by atoms with Crippen LogP contribution < -0.4 is 5.32 Å². The second-order valence-electron chi connectivity index (χ2n) is 3.72. The standard InChI is InChI=1S/C13H10BrFN2O/c1-8-10(3-2-6-16-8)13(18)17-9-4-5-11(14)12(15)7-9/h2-7H,1H3,(H,17,18). The first-order valence-electron chi connectivity index (χ1n) is 5.26. The molecule has 1 heterocycles. The van der Waals surface area contributed by atoms with Gasteiger partial charge < -0.3 is 5.32 Å². The predicted molar refractivity (Wildman–Crippen MR) is 71.0 cm³/mol. The van der Waals surface area contributed by atoms with Gasteiger partial charge in [0.15, 0.2) is 0 Å². The van der Waals surface area contributed by atoms with Crippen LogP contribution in [0, 0.1) is 12.7 Å². The van der Waals surface area contributed by atoms with Crippen molar-refractivity contribution < 1.29 is 9.18 Å². The fourth-order valence-electron chi connectivity index (χ4n) is 1.50. The summed E-state index contributed by atoms with van der Waals surface area (Å²) in [5.74, 6) is -0.724. The van der Waals surface area contributed by atoms with Gasteiger partial charge >= 0.3 is 0 Å². The number of pyridine rings is 1. The van der Waals surface area contributed by atoms with E-state index >= 15 is 0 Å². The first kappa shape index (κ1) is 12.7. The zero-order valence-electron chi connectivity index (χ0n) is 9.58. The smallest absolute Gasteiger partial charge is 0.257 e. The van der Waals surface area contributed by atoms with Crippen molar-refractivity contribution in [3.63, 3.8) is 0 Å². The number of nitrogens with zero attached hydrogens (tertiary/aromatic N) is 1. The van der Waals surface area contributed by atoms with Crippen molar-refractivity contribution in [2.45, 2.75) is 6.92 Å². The minimum atomic E-state index is -0.421. The van der Waals surface area contributed by atoms with Gasteiger partial charge in [0.25, 0.3) is 5.91 Å². The summed E-state index contributed by atoms with van der Waals surface area (Å²) in [6.45, 7) is 1.75. The number of amides is 1. The Morgan fingerprint density at radius 1 is 1.39 bits per heavy atom. The summed E-state index contributed by atoms with van der Waals surface area (Å²) in [5.41, 5.74) is 1.51. The van der Waals surface area contributed by atoms with Crippen LogP contribution in [0.3, 0.4) is 0 Å². The number of nitrogens with one attached hydrogen (secondary N) is 1. The number of aromatic nitrogens is 1. The minimum Gasteiger partial charge on any atom is -0.322 e. The zero-order valence-corrected chi connectivity index (χ0v) is 11.2. The molecule has 0 unspecified atom stereocenters. The molecule has 0 aliphatic carbocycles. The summed E-state index contributed by atoms with van der Waals surface area (Å²) in [6.07, 6.45) is 1.62. The molecule has 0 saturated carbocycles. The van der Waals surface area contributed by atoms with E-state index in [1.165, 1.54) is 6.07 Å². The molecule has 0 aliphatic heterocycles. The van der Waals surface area contributed by atoms with Crippen LogP contribution in [0.15, 0.2) is 41.0 Å². The van der Waals surface area contributed by atoms with E-state index in [2.05, 4.69) is 26.2 Å². The average Bonchev–Trinajstić information content (AvgIpc) is 2.34.